The Morgan fingerprint density at radius 3 is 2.78 bits per heavy atom. The Morgan fingerprint density at radius 1 is 1.44 bits per heavy atom. The fourth-order valence-electron chi connectivity index (χ4n) is 2.20. The lowest BCUT2D eigenvalue weighted by Crippen LogP contribution is -2.61. The van der Waals surface area contributed by atoms with Gasteiger partial charge in [0, 0.05) is 13.5 Å². The first-order valence-corrected chi connectivity index (χ1v) is 5.81. The van der Waals surface area contributed by atoms with Crippen LogP contribution in [-0.2, 0) is 4.79 Å². The molecule has 0 aliphatic carbocycles. The Morgan fingerprint density at radius 2 is 2.11 bits per heavy atom. The zero-order valence-electron chi connectivity index (χ0n) is 10.4. The minimum atomic E-state index is -0.863. The predicted octanol–water partition coefficient (Wildman–Crippen LogP) is 1.45. The van der Waals surface area contributed by atoms with Gasteiger partial charge in [-0.1, -0.05) is 12.1 Å². The molecule has 1 aromatic carbocycles. The second-order valence-electron chi connectivity index (χ2n) is 4.70. The van der Waals surface area contributed by atoms with Crippen molar-refractivity contribution in [3.63, 3.8) is 0 Å². The maximum atomic E-state index is 12.0. The third-order valence-corrected chi connectivity index (χ3v) is 3.46. The van der Waals surface area contributed by atoms with Crippen molar-refractivity contribution in [1.29, 1.82) is 0 Å². The van der Waals surface area contributed by atoms with E-state index in [0.29, 0.717) is 12.0 Å². The number of nitrogens with one attached hydrogen (secondary N) is 1. The zero-order valence-corrected chi connectivity index (χ0v) is 10.4. The van der Waals surface area contributed by atoms with Crippen LogP contribution >= 0.6 is 0 Å². The molecular formula is C13H16N2O3. The lowest BCUT2D eigenvalue weighted by molar-refractivity contribution is -0.137. The first-order chi connectivity index (χ1) is 8.44. The summed E-state index contributed by atoms with van der Waals surface area (Å²) in [6.45, 7) is 1.84. The third kappa shape index (κ3) is 2.03. The summed E-state index contributed by atoms with van der Waals surface area (Å²) >= 11 is 0. The largest absolute Gasteiger partial charge is 0.481 e. The second kappa shape index (κ2) is 4.33. The molecule has 1 heterocycles. The van der Waals surface area contributed by atoms with Gasteiger partial charge in [0.15, 0.2) is 0 Å². The topological polar surface area (TPSA) is 69.6 Å². The van der Waals surface area contributed by atoms with E-state index in [1.165, 1.54) is 0 Å². The van der Waals surface area contributed by atoms with Crippen LogP contribution in [0.25, 0.3) is 0 Å². The third-order valence-electron chi connectivity index (χ3n) is 3.46. The lowest BCUT2D eigenvalue weighted by atomic mass is 9.97. The Bertz CT molecular complexity index is 501. The molecule has 1 atom stereocenters. The van der Waals surface area contributed by atoms with Crippen molar-refractivity contribution < 1.29 is 14.7 Å². The van der Waals surface area contributed by atoms with Crippen LogP contribution in [0, 0.1) is 0 Å². The molecule has 1 aliphatic rings. The molecule has 0 radical (unpaired) electrons. The van der Waals surface area contributed by atoms with Gasteiger partial charge in [-0.05, 0) is 25.5 Å². The van der Waals surface area contributed by atoms with Crippen LogP contribution in [0.15, 0.2) is 24.3 Å². The van der Waals surface area contributed by atoms with E-state index in [1.807, 2.05) is 37.1 Å². The quantitative estimate of drug-likeness (QED) is 0.849. The average molecular weight is 248 g/mol. The van der Waals surface area contributed by atoms with Crippen molar-refractivity contribution >= 4 is 17.6 Å². The molecule has 0 saturated carbocycles. The second-order valence-corrected chi connectivity index (χ2v) is 4.70. The maximum Gasteiger partial charge on any atom is 0.303 e. The van der Waals surface area contributed by atoms with Gasteiger partial charge in [-0.15, -0.1) is 0 Å². The molecule has 0 bridgehead atoms. The number of aliphatic carboxylic acids is 1. The van der Waals surface area contributed by atoms with Gasteiger partial charge in [-0.3, -0.25) is 9.59 Å². The van der Waals surface area contributed by atoms with Crippen molar-refractivity contribution in [3.05, 3.63) is 29.8 Å². The number of anilines is 1. The van der Waals surface area contributed by atoms with E-state index < -0.39 is 11.6 Å². The Balaban J connectivity index is 2.32. The fraction of sp³-hybridized carbons (Fsp3) is 0.385. The summed E-state index contributed by atoms with van der Waals surface area (Å²) in [6, 6.07) is 7.31. The summed E-state index contributed by atoms with van der Waals surface area (Å²) in [5, 5.41) is 11.7. The molecule has 5 heteroatoms. The SMILES string of the molecule is CN1c2ccccc2C(=O)NC1(C)CCC(=O)O. The summed E-state index contributed by atoms with van der Waals surface area (Å²) in [7, 11) is 1.86. The Kier molecular flexibility index (Phi) is 2.98. The van der Waals surface area contributed by atoms with Gasteiger partial charge >= 0.3 is 5.97 Å². The van der Waals surface area contributed by atoms with Gasteiger partial charge in [-0.2, -0.15) is 0 Å². The minimum absolute atomic E-state index is 0.0171. The van der Waals surface area contributed by atoms with Gasteiger partial charge < -0.3 is 15.3 Å². The van der Waals surface area contributed by atoms with E-state index in [9.17, 15) is 9.59 Å². The van der Waals surface area contributed by atoms with Crippen LogP contribution in [-0.4, -0.2) is 29.7 Å². The molecule has 0 saturated heterocycles. The van der Waals surface area contributed by atoms with Crippen LogP contribution in [0.4, 0.5) is 5.69 Å². The fourth-order valence-corrected chi connectivity index (χ4v) is 2.20. The maximum absolute atomic E-state index is 12.0. The number of hydrogen-bond donors (Lipinski definition) is 2. The van der Waals surface area contributed by atoms with Crippen molar-refractivity contribution in [2.24, 2.45) is 0 Å². The number of rotatable bonds is 3. The smallest absolute Gasteiger partial charge is 0.303 e. The number of carbonyl (C=O) groups is 2. The Hall–Kier alpha value is -2.04. The molecule has 5 nitrogen and oxygen atoms in total. The lowest BCUT2D eigenvalue weighted by Gasteiger charge is -2.45. The van der Waals surface area contributed by atoms with Crippen molar-refractivity contribution in [2.75, 3.05) is 11.9 Å². The van der Waals surface area contributed by atoms with Crippen molar-refractivity contribution in [2.45, 2.75) is 25.4 Å². The number of fused-ring (bicyclic) bond motifs is 1. The van der Waals surface area contributed by atoms with Crippen LogP contribution in [0.5, 0.6) is 0 Å². The van der Waals surface area contributed by atoms with Crippen LogP contribution in [0.2, 0.25) is 0 Å². The summed E-state index contributed by atoms with van der Waals surface area (Å²) < 4.78 is 0. The normalized spacial score (nSPS) is 22.3. The molecule has 1 amide bonds. The highest BCUT2D eigenvalue weighted by molar-refractivity contribution is 6.02. The van der Waals surface area contributed by atoms with Crippen molar-refractivity contribution in [3.8, 4) is 0 Å². The molecular weight excluding hydrogens is 232 g/mol. The number of benzene rings is 1. The van der Waals surface area contributed by atoms with E-state index in [2.05, 4.69) is 5.32 Å². The van der Waals surface area contributed by atoms with E-state index in [-0.39, 0.29) is 12.3 Å². The molecule has 0 fully saturated rings. The number of amides is 1. The van der Waals surface area contributed by atoms with Gasteiger partial charge in [0.25, 0.3) is 5.91 Å². The van der Waals surface area contributed by atoms with Crippen LogP contribution in [0.3, 0.4) is 0 Å². The monoisotopic (exact) mass is 248 g/mol. The van der Waals surface area contributed by atoms with Gasteiger partial charge in [0.05, 0.1) is 11.3 Å². The van der Waals surface area contributed by atoms with E-state index in [1.54, 1.807) is 6.07 Å². The summed E-state index contributed by atoms with van der Waals surface area (Å²) in [4.78, 5) is 24.6. The molecule has 2 N–H and O–H groups in total. The van der Waals surface area contributed by atoms with E-state index in [4.69, 9.17) is 5.11 Å². The van der Waals surface area contributed by atoms with Gasteiger partial charge in [-0.25, -0.2) is 0 Å². The highest BCUT2D eigenvalue weighted by Crippen LogP contribution is 2.32. The van der Waals surface area contributed by atoms with Crippen LogP contribution in [0.1, 0.15) is 30.1 Å². The first-order valence-electron chi connectivity index (χ1n) is 5.81. The minimum Gasteiger partial charge on any atom is -0.481 e. The standard InChI is InChI=1S/C13H16N2O3/c1-13(8-7-11(16)17)14-12(18)9-5-3-4-6-10(9)15(13)2/h3-6H,7-8H2,1-2H3,(H,14,18)(H,16,17). The molecule has 18 heavy (non-hydrogen) atoms. The van der Waals surface area contributed by atoms with E-state index in [0.717, 1.165) is 5.69 Å². The number of para-hydroxylation sites is 1. The number of carboxylic acid groups (broad SMARTS) is 1. The summed E-state index contributed by atoms with van der Waals surface area (Å²) in [5.74, 6) is -1.02. The van der Waals surface area contributed by atoms with Gasteiger partial charge in [0.2, 0.25) is 0 Å². The average Bonchev–Trinajstić information content (AvgIpc) is 2.34. The molecule has 2 rings (SSSR count). The predicted molar refractivity (Wildman–Crippen MR) is 67.6 cm³/mol. The molecule has 1 unspecified atom stereocenters. The van der Waals surface area contributed by atoms with Crippen molar-refractivity contribution in [1.82, 2.24) is 5.32 Å². The zero-order chi connectivity index (χ0) is 13.3. The molecule has 0 aromatic heterocycles. The van der Waals surface area contributed by atoms with Crippen LogP contribution < -0.4 is 10.2 Å². The molecule has 96 valence electrons. The Labute approximate surface area is 105 Å². The summed E-state index contributed by atoms with van der Waals surface area (Å²) in [5.41, 5.74) is 0.783. The molecule has 1 aromatic rings. The number of nitrogens with zero attached hydrogens (tertiary/aromatic N) is 1. The highest BCUT2D eigenvalue weighted by Gasteiger charge is 2.37. The number of hydrogen-bond acceptors (Lipinski definition) is 3. The van der Waals surface area contributed by atoms with Gasteiger partial charge in [0.1, 0.15) is 5.66 Å². The summed E-state index contributed by atoms with van der Waals surface area (Å²) in [6.07, 6.45) is 0.377. The number of carbonyl (C=O) groups excluding carboxylic acids is 1. The van der Waals surface area contributed by atoms with E-state index >= 15 is 0 Å². The number of carboxylic acids is 1. The molecule has 0 spiro atoms. The molecule has 1 aliphatic heterocycles. The highest BCUT2D eigenvalue weighted by atomic mass is 16.4. The first kappa shape index (κ1) is 12.4.